The molecule has 0 aliphatic rings. The molecule has 0 saturated heterocycles. The zero-order chi connectivity index (χ0) is 10.3. The largest absolute Gasteiger partial charge is 0.391 e. The molecular formula is C10H17ClO2. The number of rotatable bonds is 6. The molecule has 2 nitrogen and oxygen atoms in total. The first kappa shape index (κ1) is 12.7. The third-order valence-electron chi connectivity index (χ3n) is 1.68. The van der Waals surface area contributed by atoms with Crippen LogP contribution in [0, 0.1) is 0 Å². The van der Waals surface area contributed by atoms with Crippen molar-refractivity contribution in [2.24, 2.45) is 0 Å². The van der Waals surface area contributed by atoms with E-state index >= 15 is 0 Å². The first-order chi connectivity index (χ1) is 6.07. The number of hydrogen-bond donors (Lipinski definition) is 1. The lowest BCUT2D eigenvalue weighted by atomic mass is 10.1. The highest BCUT2D eigenvalue weighted by molar-refractivity contribution is 6.21. The summed E-state index contributed by atoms with van der Waals surface area (Å²) in [4.78, 5) is 10.7. The smallest absolute Gasteiger partial charge is 0.132 e. The second kappa shape index (κ2) is 7.10. The van der Waals surface area contributed by atoms with Crippen molar-refractivity contribution in [2.75, 3.05) is 0 Å². The van der Waals surface area contributed by atoms with Gasteiger partial charge in [0.25, 0.3) is 0 Å². The van der Waals surface area contributed by atoms with Crippen molar-refractivity contribution in [3.8, 4) is 0 Å². The Labute approximate surface area is 84.6 Å². The Hall–Kier alpha value is -0.340. The van der Waals surface area contributed by atoms with E-state index in [4.69, 9.17) is 11.6 Å². The molecule has 76 valence electrons. The van der Waals surface area contributed by atoms with Crippen molar-refractivity contribution in [2.45, 2.75) is 44.6 Å². The predicted octanol–water partition coefficient (Wildman–Crippen LogP) is 2.29. The monoisotopic (exact) mass is 204 g/mol. The van der Waals surface area contributed by atoms with Crippen molar-refractivity contribution >= 4 is 17.4 Å². The van der Waals surface area contributed by atoms with Gasteiger partial charge in [0.1, 0.15) is 5.78 Å². The third-order valence-corrected chi connectivity index (χ3v) is 2.15. The van der Waals surface area contributed by atoms with Crippen LogP contribution in [-0.2, 0) is 4.79 Å². The molecule has 0 aromatic rings. The van der Waals surface area contributed by atoms with Crippen LogP contribution in [0.4, 0.5) is 0 Å². The van der Waals surface area contributed by atoms with Gasteiger partial charge >= 0.3 is 0 Å². The Bertz CT molecular complexity index is 178. The molecule has 1 N–H and O–H groups in total. The highest BCUT2D eigenvalue weighted by Crippen LogP contribution is 2.12. The van der Waals surface area contributed by atoms with Crippen LogP contribution in [-0.4, -0.2) is 22.4 Å². The lowest BCUT2D eigenvalue weighted by molar-refractivity contribution is -0.118. The molecule has 0 aromatic heterocycles. The summed E-state index contributed by atoms with van der Waals surface area (Å²) < 4.78 is 0. The van der Waals surface area contributed by atoms with E-state index in [0.717, 1.165) is 6.42 Å². The number of hydrogen-bond acceptors (Lipinski definition) is 2. The standard InChI is InChI=1S/C10H17ClO2/c1-3-4-5-6-9(11)10(13)7-8(2)12/h4-5,9-10,13H,3,6-7H2,1-2H3/t9-,10+/m1/s1. The van der Waals surface area contributed by atoms with E-state index in [1.54, 1.807) is 0 Å². The van der Waals surface area contributed by atoms with Crippen LogP contribution >= 0.6 is 11.6 Å². The maximum Gasteiger partial charge on any atom is 0.132 e. The van der Waals surface area contributed by atoms with Crippen molar-refractivity contribution in [3.63, 3.8) is 0 Å². The molecule has 3 heteroatoms. The summed E-state index contributed by atoms with van der Waals surface area (Å²) in [5, 5.41) is 9.05. The summed E-state index contributed by atoms with van der Waals surface area (Å²) in [6.07, 6.45) is 4.93. The van der Waals surface area contributed by atoms with Gasteiger partial charge < -0.3 is 5.11 Å². The summed E-state index contributed by atoms with van der Waals surface area (Å²) in [6.45, 7) is 3.49. The number of ketones is 1. The van der Waals surface area contributed by atoms with E-state index in [2.05, 4.69) is 0 Å². The minimum absolute atomic E-state index is 0.0300. The summed E-state index contributed by atoms with van der Waals surface area (Å²) in [5.41, 5.74) is 0. The van der Waals surface area contributed by atoms with E-state index in [1.165, 1.54) is 6.92 Å². The SMILES string of the molecule is CCC=CC[C@@H](Cl)[C@@H](O)CC(C)=O. The highest BCUT2D eigenvalue weighted by Gasteiger charge is 2.16. The number of carbonyl (C=O) groups excluding carboxylic acids is 1. The second-order valence-electron chi connectivity index (χ2n) is 3.10. The fourth-order valence-electron chi connectivity index (χ4n) is 0.972. The number of aliphatic hydroxyl groups excluding tert-OH is 1. The van der Waals surface area contributed by atoms with Crippen LogP contribution in [0.3, 0.4) is 0 Å². The number of carbonyl (C=O) groups is 1. The maximum atomic E-state index is 10.7. The van der Waals surface area contributed by atoms with Crippen molar-refractivity contribution < 1.29 is 9.90 Å². The van der Waals surface area contributed by atoms with Crippen LogP contribution in [0.15, 0.2) is 12.2 Å². The van der Waals surface area contributed by atoms with Crippen molar-refractivity contribution in [3.05, 3.63) is 12.2 Å². The molecule has 0 radical (unpaired) electrons. The molecule has 0 aliphatic carbocycles. The van der Waals surface area contributed by atoms with Gasteiger partial charge in [-0.1, -0.05) is 19.1 Å². The zero-order valence-corrected chi connectivity index (χ0v) is 8.92. The zero-order valence-electron chi connectivity index (χ0n) is 8.16. The Morgan fingerprint density at radius 2 is 2.15 bits per heavy atom. The molecule has 13 heavy (non-hydrogen) atoms. The number of aliphatic hydroxyl groups is 1. The molecule has 0 rings (SSSR count). The molecule has 0 amide bonds. The van der Waals surface area contributed by atoms with Gasteiger partial charge in [-0.3, -0.25) is 4.79 Å². The van der Waals surface area contributed by atoms with Gasteiger partial charge in [0, 0.05) is 6.42 Å². The maximum absolute atomic E-state index is 10.7. The molecule has 0 aliphatic heterocycles. The number of alkyl halides is 1. The van der Waals surface area contributed by atoms with Crippen molar-refractivity contribution in [1.82, 2.24) is 0 Å². The summed E-state index contributed by atoms with van der Waals surface area (Å²) >= 11 is 5.86. The van der Waals surface area contributed by atoms with Gasteiger partial charge in [0.05, 0.1) is 11.5 Å². The summed E-state index contributed by atoms with van der Waals surface area (Å²) in [6, 6.07) is 0. The molecule has 0 aromatic carbocycles. The van der Waals surface area contributed by atoms with Gasteiger partial charge in [0.15, 0.2) is 0 Å². The van der Waals surface area contributed by atoms with Crippen molar-refractivity contribution in [1.29, 1.82) is 0 Å². The Morgan fingerprint density at radius 3 is 2.62 bits per heavy atom. The highest BCUT2D eigenvalue weighted by atomic mass is 35.5. The second-order valence-corrected chi connectivity index (χ2v) is 3.67. The van der Waals surface area contributed by atoms with Crippen LogP contribution in [0.5, 0.6) is 0 Å². The lowest BCUT2D eigenvalue weighted by Gasteiger charge is -2.13. The molecule has 0 fully saturated rings. The number of Topliss-reactive ketones (excluding diaryl/α,β-unsaturated/α-hetero) is 1. The molecule has 0 unspecified atom stereocenters. The Morgan fingerprint density at radius 1 is 1.54 bits per heavy atom. The fraction of sp³-hybridized carbons (Fsp3) is 0.700. The molecule has 2 atom stereocenters. The van der Waals surface area contributed by atoms with Gasteiger partial charge in [0.2, 0.25) is 0 Å². The first-order valence-electron chi connectivity index (χ1n) is 4.54. The normalized spacial score (nSPS) is 16.0. The number of allylic oxidation sites excluding steroid dienone is 2. The topological polar surface area (TPSA) is 37.3 Å². The average molecular weight is 205 g/mol. The van der Waals surface area contributed by atoms with Crippen LogP contribution in [0.2, 0.25) is 0 Å². The average Bonchev–Trinajstić information content (AvgIpc) is 2.03. The van der Waals surface area contributed by atoms with E-state index in [-0.39, 0.29) is 17.6 Å². The van der Waals surface area contributed by atoms with Crippen LogP contribution < -0.4 is 0 Å². The Balaban J connectivity index is 3.74. The fourth-order valence-corrected chi connectivity index (χ4v) is 1.16. The van der Waals surface area contributed by atoms with Gasteiger partial charge in [-0.2, -0.15) is 0 Å². The molecule has 0 spiro atoms. The first-order valence-corrected chi connectivity index (χ1v) is 4.98. The molecule has 0 bridgehead atoms. The Kier molecular flexibility index (Phi) is 6.92. The molecule has 0 saturated carbocycles. The quantitative estimate of drug-likeness (QED) is 0.533. The van der Waals surface area contributed by atoms with Crippen LogP contribution in [0.25, 0.3) is 0 Å². The van der Waals surface area contributed by atoms with E-state index in [1.807, 2.05) is 19.1 Å². The van der Waals surface area contributed by atoms with Crippen LogP contribution in [0.1, 0.15) is 33.1 Å². The summed E-state index contributed by atoms with van der Waals surface area (Å²) in [7, 11) is 0. The minimum Gasteiger partial charge on any atom is -0.391 e. The lowest BCUT2D eigenvalue weighted by Crippen LogP contribution is -2.22. The van der Waals surface area contributed by atoms with E-state index < -0.39 is 6.10 Å². The van der Waals surface area contributed by atoms with Gasteiger partial charge in [-0.15, -0.1) is 11.6 Å². The third kappa shape index (κ3) is 6.79. The van der Waals surface area contributed by atoms with E-state index in [0.29, 0.717) is 6.42 Å². The summed E-state index contributed by atoms with van der Waals surface area (Å²) in [5.74, 6) is -0.0300. The van der Waals surface area contributed by atoms with Gasteiger partial charge in [-0.05, 0) is 19.8 Å². The van der Waals surface area contributed by atoms with E-state index in [9.17, 15) is 9.90 Å². The molecular weight excluding hydrogens is 188 g/mol. The number of halogens is 1. The predicted molar refractivity (Wildman–Crippen MR) is 55.0 cm³/mol. The minimum atomic E-state index is -0.722. The molecule has 0 heterocycles. The van der Waals surface area contributed by atoms with Gasteiger partial charge in [-0.25, -0.2) is 0 Å².